The van der Waals surface area contributed by atoms with Gasteiger partial charge in [0, 0.05) is 12.1 Å². The van der Waals surface area contributed by atoms with Crippen LogP contribution in [0, 0.1) is 20.2 Å². The number of rotatable bonds is 3. The predicted octanol–water partition coefficient (Wildman–Crippen LogP) is 1.59. The third kappa shape index (κ3) is 2.44. The Balaban J connectivity index is 2.36. The SMILES string of the molecule is O=[N+]([O-])c1ccc([C@@H]2COCCO2)cc1[N+](=O)[O-]. The molecule has 0 amide bonds. The molecule has 0 bridgehead atoms. The molecule has 0 aliphatic carbocycles. The third-order valence-electron chi connectivity index (χ3n) is 2.58. The minimum Gasteiger partial charge on any atom is -0.376 e. The van der Waals surface area contributed by atoms with E-state index in [0.29, 0.717) is 18.8 Å². The van der Waals surface area contributed by atoms with E-state index in [4.69, 9.17) is 9.47 Å². The van der Waals surface area contributed by atoms with Crippen LogP contribution < -0.4 is 0 Å². The standard InChI is InChI=1S/C10H10N2O6/c13-11(14)8-2-1-7(5-9(8)12(15)16)10-6-17-3-4-18-10/h1-2,5,10H,3-4,6H2/t10-/m0/s1. The smallest absolute Gasteiger partial charge is 0.346 e. The second-order valence-corrected chi connectivity index (χ2v) is 3.70. The summed E-state index contributed by atoms with van der Waals surface area (Å²) in [5.74, 6) is 0. The molecule has 1 heterocycles. The first-order chi connectivity index (χ1) is 8.59. The van der Waals surface area contributed by atoms with Gasteiger partial charge in [-0.2, -0.15) is 0 Å². The number of nitrogens with zero attached hydrogens (tertiary/aromatic N) is 2. The lowest BCUT2D eigenvalue weighted by Gasteiger charge is -2.22. The maximum Gasteiger partial charge on any atom is 0.346 e. The summed E-state index contributed by atoms with van der Waals surface area (Å²) in [6.07, 6.45) is -0.418. The van der Waals surface area contributed by atoms with Crippen LogP contribution in [0.25, 0.3) is 0 Å². The molecule has 0 aromatic heterocycles. The molecular weight excluding hydrogens is 244 g/mol. The Bertz CT molecular complexity index is 483. The van der Waals surface area contributed by atoms with E-state index in [1.165, 1.54) is 6.07 Å². The number of nitro groups is 2. The van der Waals surface area contributed by atoms with Crippen LogP contribution in [0.5, 0.6) is 0 Å². The molecule has 8 nitrogen and oxygen atoms in total. The quantitative estimate of drug-likeness (QED) is 0.599. The van der Waals surface area contributed by atoms with Gasteiger partial charge in [-0.1, -0.05) is 0 Å². The average molecular weight is 254 g/mol. The summed E-state index contributed by atoms with van der Waals surface area (Å²) in [6, 6.07) is 3.73. The lowest BCUT2D eigenvalue weighted by atomic mass is 10.1. The fourth-order valence-electron chi connectivity index (χ4n) is 1.72. The fourth-order valence-corrected chi connectivity index (χ4v) is 1.72. The van der Waals surface area contributed by atoms with Crippen molar-refractivity contribution in [1.29, 1.82) is 0 Å². The highest BCUT2D eigenvalue weighted by Gasteiger charge is 2.27. The Kier molecular flexibility index (Phi) is 3.49. The first-order valence-electron chi connectivity index (χ1n) is 5.21. The van der Waals surface area contributed by atoms with Crippen LogP contribution >= 0.6 is 0 Å². The molecule has 18 heavy (non-hydrogen) atoms. The summed E-state index contributed by atoms with van der Waals surface area (Å²) >= 11 is 0. The number of hydrogen-bond donors (Lipinski definition) is 0. The van der Waals surface area contributed by atoms with E-state index in [2.05, 4.69) is 0 Å². The van der Waals surface area contributed by atoms with Crippen LogP contribution in [0.2, 0.25) is 0 Å². The van der Waals surface area contributed by atoms with E-state index in [-0.39, 0.29) is 6.61 Å². The van der Waals surface area contributed by atoms with Gasteiger partial charge in [-0.3, -0.25) is 20.2 Å². The molecule has 0 saturated carbocycles. The molecule has 1 atom stereocenters. The van der Waals surface area contributed by atoms with Gasteiger partial charge in [-0.05, 0) is 11.6 Å². The van der Waals surface area contributed by atoms with Crippen molar-refractivity contribution in [2.45, 2.75) is 6.10 Å². The van der Waals surface area contributed by atoms with Crippen molar-refractivity contribution in [2.24, 2.45) is 0 Å². The summed E-state index contributed by atoms with van der Waals surface area (Å²) in [5.41, 5.74) is -0.556. The van der Waals surface area contributed by atoms with E-state index in [1.54, 1.807) is 0 Å². The molecule has 0 N–H and O–H groups in total. The van der Waals surface area contributed by atoms with Gasteiger partial charge in [0.15, 0.2) is 0 Å². The summed E-state index contributed by atoms with van der Waals surface area (Å²) in [7, 11) is 0. The molecule has 8 heteroatoms. The van der Waals surface area contributed by atoms with Crippen molar-refractivity contribution in [2.75, 3.05) is 19.8 Å². The number of hydrogen-bond acceptors (Lipinski definition) is 6. The number of benzene rings is 1. The van der Waals surface area contributed by atoms with E-state index >= 15 is 0 Å². The lowest BCUT2D eigenvalue weighted by molar-refractivity contribution is -0.422. The minimum atomic E-state index is -0.778. The van der Waals surface area contributed by atoms with Crippen LogP contribution in [-0.4, -0.2) is 29.7 Å². The first-order valence-corrected chi connectivity index (χ1v) is 5.21. The Morgan fingerprint density at radius 2 is 1.83 bits per heavy atom. The molecular formula is C10H10N2O6. The van der Waals surface area contributed by atoms with Crippen molar-refractivity contribution >= 4 is 11.4 Å². The molecule has 1 aliphatic heterocycles. The molecule has 2 rings (SSSR count). The Hall–Kier alpha value is -2.06. The Labute approximate surface area is 101 Å². The monoisotopic (exact) mass is 254 g/mol. The average Bonchev–Trinajstić information content (AvgIpc) is 2.39. The van der Waals surface area contributed by atoms with E-state index < -0.39 is 27.3 Å². The summed E-state index contributed by atoms with van der Waals surface area (Å²) in [6.45, 7) is 1.16. The lowest BCUT2D eigenvalue weighted by Crippen LogP contribution is -2.22. The van der Waals surface area contributed by atoms with E-state index in [1.807, 2.05) is 0 Å². The summed E-state index contributed by atoms with van der Waals surface area (Å²) in [4.78, 5) is 19.9. The van der Waals surface area contributed by atoms with Crippen LogP contribution in [-0.2, 0) is 9.47 Å². The molecule has 1 aliphatic rings. The highest BCUT2D eigenvalue weighted by atomic mass is 16.6. The summed E-state index contributed by atoms with van der Waals surface area (Å²) in [5, 5.41) is 21.4. The fraction of sp³-hybridized carbons (Fsp3) is 0.400. The van der Waals surface area contributed by atoms with Gasteiger partial charge < -0.3 is 9.47 Å². The molecule has 96 valence electrons. The number of nitro benzene ring substituents is 2. The largest absolute Gasteiger partial charge is 0.376 e. The zero-order valence-corrected chi connectivity index (χ0v) is 9.27. The molecule has 1 aromatic carbocycles. The maximum absolute atomic E-state index is 10.8. The van der Waals surface area contributed by atoms with E-state index in [9.17, 15) is 20.2 Å². The molecule has 1 aromatic rings. The highest BCUT2D eigenvalue weighted by molar-refractivity contribution is 5.54. The van der Waals surface area contributed by atoms with Crippen LogP contribution in [0.3, 0.4) is 0 Å². The van der Waals surface area contributed by atoms with Crippen LogP contribution in [0.4, 0.5) is 11.4 Å². The van der Waals surface area contributed by atoms with Gasteiger partial charge in [0.05, 0.1) is 29.7 Å². The first kappa shape index (κ1) is 12.4. The Morgan fingerprint density at radius 1 is 1.11 bits per heavy atom. The zero-order valence-electron chi connectivity index (χ0n) is 9.27. The van der Waals surface area contributed by atoms with Gasteiger partial charge in [-0.15, -0.1) is 0 Å². The molecule has 1 fully saturated rings. The molecule has 0 unspecified atom stereocenters. The highest BCUT2D eigenvalue weighted by Crippen LogP contribution is 2.31. The van der Waals surface area contributed by atoms with Crippen molar-refractivity contribution < 1.29 is 19.3 Å². The van der Waals surface area contributed by atoms with Crippen molar-refractivity contribution in [3.8, 4) is 0 Å². The Morgan fingerprint density at radius 3 is 2.39 bits per heavy atom. The van der Waals surface area contributed by atoms with Crippen LogP contribution in [0.15, 0.2) is 18.2 Å². The molecule has 0 radical (unpaired) electrons. The van der Waals surface area contributed by atoms with Gasteiger partial charge in [-0.25, -0.2) is 0 Å². The normalized spacial score (nSPS) is 19.4. The second kappa shape index (κ2) is 5.07. The minimum absolute atomic E-state index is 0.287. The van der Waals surface area contributed by atoms with Crippen molar-refractivity contribution in [3.05, 3.63) is 44.0 Å². The maximum atomic E-state index is 10.8. The molecule has 0 spiro atoms. The van der Waals surface area contributed by atoms with Gasteiger partial charge >= 0.3 is 11.4 Å². The van der Waals surface area contributed by atoms with Crippen molar-refractivity contribution in [1.82, 2.24) is 0 Å². The van der Waals surface area contributed by atoms with Gasteiger partial charge in [0.25, 0.3) is 0 Å². The van der Waals surface area contributed by atoms with Crippen LogP contribution in [0.1, 0.15) is 11.7 Å². The topological polar surface area (TPSA) is 105 Å². The third-order valence-corrected chi connectivity index (χ3v) is 2.58. The second-order valence-electron chi connectivity index (χ2n) is 3.70. The van der Waals surface area contributed by atoms with E-state index in [0.717, 1.165) is 12.1 Å². The van der Waals surface area contributed by atoms with Gasteiger partial charge in [0.2, 0.25) is 0 Å². The number of ether oxygens (including phenoxy) is 2. The predicted molar refractivity (Wildman–Crippen MR) is 59.3 cm³/mol. The van der Waals surface area contributed by atoms with Crippen molar-refractivity contribution in [3.63, 3.8) is 0 Å². The zero-order chi connectivity index (χ0) is 13.1. The summed E-state index contributed by atoms with van der Waals surface area (Å²) < 4.78 is 10.6. The molecule has 1 saturated heterocycles. The van der Waals surface area contributed by atoms with Gasteiger partial charge in [0.1, 0.15) is 6.10 Å².